The van der Waals surface area contributed by atoms with Gasteiger partial charge in [-0.3, -0.25) is 0 Å². The van der Waals surface area contributed by atoms with Crippen LogP contribution in [0, 0.1) is 5.92 Å². The first kappa shape index (κ1) is 11.4. The van der Waals surface area contributed by atoms with E-state index >= 15 is 0 Å². The van der Waals surface area contributed by atoms with Gasteiger partial charge in [-0.2, -0.15) is 0 Å². The van der Waals surface area contributed by atoms with Gasteiger partial charge in [0.2, 0.25) is 0 Å². The molecular weight excluding hydrogens is 283 g/mol. The zero-order valence-corrected chi connectivity index (χ0v) is 12.9. The standard InChI is InChI=1S/C13H17.CH2.In/c1-11-7-9-13(10-8-11)12-5-3-2-4-6-12;;/h3-6,11,13H,7-10H2,1H3;1H2;. The van der Waals surface area contributed by atoms with Crippen LogP contribution in [0.1, 0.15) is 44.1 Å². The van der Waals surface area contributed by atoms with Crippen molar-refractivity contribution >= 4 is 30.0 Å². The molecule has 1 aromatic rings. The van der Waals surface area contributed by atoms with Crippen molar-refractivity contribution in [2.75, 3.05) is 0 Å². The summed E-state index contributed by atoms with van der Waals surface area (Å²) in [6, 6.07) is 9.35. The Bertz CT molecular complexity index is 318. The van der Waals surface area contributed by atoms with E-state index in [4.69, 9.17) is 0 Å². The molecule has 1 saturated carbocycles. The molecule has 15 heavy (non-hydrogen) atoms. The van der Waals surface area contributed by atoms with E-state index in [1.54, 1.807) is 5.56 Å². The molecule has 1 aliphatic carbocycles. The van der Waals surface area contributed by atoms with E-state index < -0.39 is 22.4 Å². The molecular formula is C14H19In. The van der Waals surface area contributed by atoms with E-state index in [1.165, 1.54) is 29.0 Å². The first-order valence-electron chi connectivity index (χ1n) is 6.02. The van der Waals surface area contributed by atoms with Gasteiger partial charge >= 0.3 is 104 Å². The van der Waals surface area contributed by atoms with Crippen molar-refractivity contribution in [1.29, 1.82) is 0 Å². The van der Waals surface area contributed by atoms with Crippen LogP contribution in [-0.2, 0) is 0 Å². The van der Waals surface area contributed by atoms with Crippen LogP contribution in [-0.4, -0.2) is 26.7 Å². The SMILES string of the molecule is [CH2]=[In][c]1ccc(C2CCC(C)CC2)cc1. The maximum absolute atomic E-state index is 4.10. The van der Waals surface area contributed by atoms with Gasteiger partial charge in [-0.25, -0.2) is 0 Å². The fourth-order valence-corrected chi connectivity index (χ4v) is 3.82. The van der Waals surface area contributed by atoms with Gasteiger partial charge in [-0.1, -0.05) is 0 Å². The molecule has 0 spiro atoms. The topological polar surface area (TPSA) is 0 Å². The molecule has 0 nitrogen and oxygen atoms in total. The van der Waals surface area contributed by atoms with E-state index in [1.807, 2.05) is 0 Å². The Balaban J connectivity index is 2.06. The Morgan fingerprint density at radius 1 is 1.07 bits per heavy atom. The summed E-state index contributed by atoms with van der Waals surface area (Å²) in [7, 11) is 0. The third-order valence-electron chi connectivity index (χ3n) is 3.66. The molecule has 78 valence electrons. The molecule has 1 aliphatic rings. The van der Waals surface area contributed by atoms with Crippen LogP contribution in [0.2, 0.25) is 0 Å². The van der Waals surface area contributed by atoms with E-state index in [-0.39, 0.29) is 0 Å². The summed E-state index contributed by atoms with van der Waals surface area (Å²) in [6.07, 6.45) is 5.62. The Kier molecular flexibility index (Phi) is 4.07. The van der Waals surface area contributed by atoms with Crippen molar-refractivity contribution in [3.05, 3.63) is 29.8 Å². The maximum atomic E-state index is 4.10. The molecule has 0 saturated heterocycles. The van der Waals surface area contributed by atoms with Crippen molar-refractivity contribution in [3.8, 4) is 0 Å². The molecule has 1 aromatic carbocycles. The summed E-state index contributed by atoms with van der Waals surface area (Å²) in [5.41, 5.74) is 1.57. The normalized spacial score (nSPS) is 25.9. The van der Waals surface area contributed by atoms with Crippen LogP contribution < -0.4 is 3.32 Å². The summed E-state index contributed by atoms with van der Waals surface area (Å²) in [5, 5.41) is 0. The second-order valence-corrected chi connectivity index (χ2v) is 7.90. The van der Waals surface area contributed by atoms with E-state index in [9.17, 15) is 0 Å². The molecule has 0 bridgehead atoms. The molecule has 1 fully saturated rings. The van der Waals surface area contributed by atoms with Gasteiger partial charge in [-0.15, -0.1) is 0 Å². The summed E-state index contributed by atoms with van der Waals surface area (Å²) in [5.74, 6) is 1.79. The fraction of sp³-hybridized carbons (Fsp3) is 0.500. The van der Waals surface area contributed by atoms with Gasteiger partial charge in [0.15, 0.2) is 0 Å². The molecule has 1 heteroatoms. The zero-order valence-electron chi connectivity index (χ0n) is 9.58. The third-order valence-corrected chi connectivity index (χ3v) is 6.10. The predicted octanol–water partition coefficient (Wildman–Crippen LogP) is 2.74. The van der Waals surface area contributed by atoms with Gasteiger partial charge in [0, 0.05) is 0 Å². The van der Waals surface area contributed by atoms with Crippen molar-refractivity contribution < 1.29 is 0 Å². The molecule has 0 N–H and O–H groups in total. The first-order chi connectivity index (χ1) is 7.29. The molecule has 0 heterocycles. The van der Waals surface area contributed by atoms with Gasteiger partial charge in [0.1, 0.15) is 0 Å². The van der Waals surface area contributed by atoms with Crippen molar-refractivity contribution in [2.24, 2.45) is 5.92 Å². The van der Waals surface area contributed by atoms with Gasteiger partial charge in [0.05, 0.1) is 0 Å². The molecule has 0 atom stereocenters. The Morgan fingerprint density at radius 2 is 1.67 bits per heavy atom. The quantitative estimate of drug-likeness (QED) is 0.788. The van der Waals surface area contributed by atoms with Crippen LogP contribution in [0.4, 0.5) is 0 Å². The van der Waals surface area contributed by atoms with E-state index in [2.05, 4.69) is 35.5 Å². The summed E-state index contributed by atoms with van der Waals surface area (Å²) in [6.45, 7) is 2.38. The molecule has 0 amide bonds. The summed E-state index contributed by atoms with van der Waals surface area (Å²) in [4.78, 5) is 0. The zero-order chi connectivity index (χ0) is 10.7. The van der Waals surface area contributed by atoms with Crippen LogP contribution in [0.3, 0.4) is 0 Å². The van der Waals surface area contributed by atoms with Gasteiger partial charge < -0.3 is 0 Å². The van der Waals surface area contributed by atoms with E-state index in [0.29, 0.717) is 0 Å². The first-order valence-corrected chi connectivity index (χ1v) is 10.00. The Labute approximate surface area is 104 Å². The number of hydrogen-bond donors (Lipinski definition) is 0. The Morgan fingerprint density at radius 3 is 2.20 bits per heavy atom. The molecule has 2 rings (SSSR count). The Hall–Kier alpha value is -0.0399. The molecule has 0 aromatic heterocycles. The van der Waals surface area contributed by atoms with Crippen molar-refractivity contribution in [3.63, 3.8) is 0 Å². The molecule has 0 radical (unpaired) electrons. The van der Waals surface area contributed by atoms with Crippen LogP contribution in [0.5, 0.6) is 0 Å². The molecule has 0 unspecified atom stereocenters. The molecule has 0 aliphatic heterocycles. The average Bonchev–Trinajstić information content (AvgIpc) is 2.30. The van der Waals surface area contributed by atoms with Crippen molar-refractivity contribution in [2.45, 2.75) is 38.5 Å². The minimum absolute atomic E-state index is 0.622. The number of rotatable bonds is 2. The van der Waals surface area contributed by atoms with Crippen molar-refractivity contribution in [1.82, 2.24) is 0 Å². The summed E-state index contributed by atoms with van der Waals surface area (Å²) >= 11 is -0.622. The third kappa shape index (κ3) is 2.96. The van der Waals surface area contributed by atoms with Gasteiger partial charge in [0.25, 0.3) is 0 Å². The predicted molar refractivity (Wildman–Crippen MR) is 69.3 cm³/mol. The van der Waals surface area contributed by atoms with E-state index in [0.717, 1.165) is 11.8 Å². The number of hydrogen-bond acceptors (Lipinski definition) is 0. The van der Waals surface area contributed by atoms with Crippen LogP contribution >= 0.6 is 0 Å². The monoisotopic (exact) mass is 302 g/mol. The second kappa shape index (κ2) is 5.34. The van der Waals surface area contributed by atoms with Crippen LogP contribution in [0.25, 0.3) is 0 Å². The van der Waals surface area contributed by atoms with Crippen LogP contribution in [0.15, 0.2) is 24.3 Å². The fourth-order valence-electron chi connectivity index (χ4n) is 2.50. The van der Waals surface area contributed by atoms with Gasteiger partial charge in [-0.05, 0) is 0 Å². The average molecular weight is 302 g/mol. The minimum atomic E-state index is -0.622. The second-order valence-electron chi connectivity index (χ2n) is 4.83. The number of benzene rings is 1. The summed E-state index contributed by atoms with van der Waals surface area (Å²) < 4.78 is 5.64.